The van der Waals surface area contributed by atoms with Crippen LogP contribution in [0.3, 0.4) is 0 Å². The first-order chi connectivity index (χ1) is 8.03. The monoisotopic (exact) mass is 242 g/mol. The van der Waals surface area contributed by atoms with Gasteiger partial charge in [-0.3, -0.25) is 0 Å². The molecule has 0 aliphatic carbocycles. The number of hydrogen-bond acceptors (Lipinski definition) is 2. The first kappa shape index (κ1) is 12.5. The fraction of sp³-hybridized carbons (Fsp3) is 0.538. The van der Waals surface area contributed by atoms with E-state index < -0.39 is 23.3 Å². The zero-order valence-electron chi connectivity index (χ0n) is 9.75. The summed E-state index contributed by atoms with van der Waals surface area (Å²) in [6.45, 7) is 2.28. The highest BCUT2D eigenvalue weighted by atomic mass is 19.1. The second-order valence-corrected chi connectivity index (χ2v) is 4.69. The van der Waals surface area contributed by atoms with Crippen molar-refractivity contribution in [2.45, 2.75) is 37.9 Å². The Morgan fingerprint density at radius 1 is 1.35 bits per heavy atom. The first-order valence-corrected chi connectivity index (χ1v) is 5.80. The molecule has 0 aromatic heterocycles. The molecule has 17 heavy (non-hydrogen) atoms. The number of ether oxygens (including phenoxy) is 1. The number of halogens is 2. The molecule has 0 bridgehead atoms. The standard InChI is InChI=1S/C13H16F2O2/c1-13(6-2-3-7-17-13)12(16)10-8-9(14)4-5-11(10)15/h4-5,8,12,16H,2-3,6-7H2,1H3. The van der Waals surface area contributed by atoms with Crippen molar-refractivity contribution in [3.63, 3.8) is 0 Å². The van der Waals surface area contributed by atoms with Crippen LogP contribution < -0.4 is 0 Å². The van der Waals surface area contributed by atoms with E-state index in [1.165, 1.54) is 0 Å². The molecule has 2 rings (SSSR count). The zero-order chi connectivity index (χ0) is 12.5. The molecule has 0 spiro atoms. The van der Waals surface area contributed by atoms with E-state index >= 15 is 0 Å². The highest BCUT2D eigenvalue weighted by Crippen LogP contribution is 2.37. The largest absolute Gasteiger partial charge is 0.385 e. The Labute approximate surface area is 99.2 Å². The van der Waals surface area contributed by atoms with Crippen LogP contribution >= 0.6 is 0 Å². The van der Waals surface area contributed by atoms with Gasteiger partial charge in [0.1, 0.15) is 17.7 Å². The van der Waals surface area contributed by atoms with Crippen molar-refractivity contribution in [1.29, 1.82) is 0 Å². The molecule has 2 atom stereocenters. The maximum Gasteiger partial charge on any atom is 0.129 e. The molecule has 1 heterocycles. The summed E-state index contributed by atoms with van der Waals surface area (Å²) in [5, 5.41) is 10.2. The molecule has 1 aromatic carbocycles. The third kappa shape index (κ3) is 2.48. The first-order valence-electron chi connectivity index (χ1n) is 5.80. The van der Waals surface area contributed by atoms with Crippen LogP contribution in [0, 0.1) is 11.6 Å². The lowest BCUT2D eigenvalue weighted by Gasteiger charge is -2.38. The average Bonchev–Trinajstić information content (AvgIpc) is 2.32. The van der Waals surface area contributed by atoms with Gasteiger partial charge in [0.25, 0.3) is 0 Å². The maximum absolute atomic E-state index is 13.6. The van der Waals surface area contributed by atoms with Gasteiger partial charge in [0, 0.05) is 12.2 Å². The van der Waals surface area contributed by atoms with Crippen molar-refractivity contribution < 1.29 is 18.6 Å². The zero-order valence-corrected chi connectivity index (χ0v) is 9.75. The quantitative estimate of drug-likeness (QED) is 0.864. The summed E-state index contributed by atoms with van der Waals surface area (Å²) < 4.78 is 32.2. The molecule has 0 amide bonds. The summed E-state index contributed by atoms with van der Waals surface area (Å²) in [6, 6.07) is 3.10. The van der Waals surface area contributed by atoms with Crippen molar-refractivity contribution in [3.05, 3.63) is 35.4 Å². The predicted octanol–water partition coefficient (Wildman–Crippen LogP) is 2.96. The summed E-state index contributed by atoms with van der Waals surface area (Å²) in [4.78, 5) is 0. The van der Waals surface area contributed by atoms with Crippen molar-refractivity contribution in [2.75, 3.05) is 6.61 Å². The topological polar surface area (TPSA) is 29.5 Å². The van der Waals surface area contributed by atoms with Gasteiger partial charge < -0.3 is 9.84 Å². The molecule has 1 aliphatic heterocycles. The second-order valence-electron chi connectivity index (χ2n) is 4.69. The Bertz CT molecular complexity index is 400. The van der Waals surface area contributed by atoms with Crippen LogP contribution in [0.25, 0.3) is 0 Å². The van der Waals surface area contributed by atoms with Gasteiger partial charge in [0.15, 0.2) is 0 Å². The lowest BCUT2D eigenvalue weighted by Crippen LogP contribution is -2.39. The minimum atomic E-state index is -1.14. The van der Waals surface area contributed by atoms with Crippen molar-refractivity contribution in [1.82, 2.24) is 0 Å². The third-order valence-electron chi connectivity index (χ3n) is 3.33. The van der Waals surface area contributed by atoms with E-state index in [0.29, 0.717) is 13.0 Å². The highest BCUT2D eigenvalue weighted by molar-refractivity contribution is 5.23. The van der Waals surface area contributed by atoms with Crippen LogP contribution in [-0.2, 0) is 4.74 Å². The summed E-state index contributed by atoms with van der Waals surface area (Å²) in [5.41, 5.74) is -0.859. The van der Waals surface area contributed by atoms with Gasteiger partial charge in [-0.25, -0.2) is 8.78 Å². The predicted molar refractivity (Wildman–Crippen MR) is 59.5 cm³/mol. The molecule has 1 N–H and O–H groups in total. The van der Waals surface area contributed by atoms with Gasteiger partial charge in [0.2, 0.25) is 0 Å². The van der Waals surface area contributed by atoms with Gasteiger partial charge in [-0.05, 0) is 44.4 Å². The summed E-state index contributed by atoms with van der Waals surface area (Å²) in [6.07, 6.45) is 1.36. The Morgan fingerprint density at radius 3 is 2.76 bits per heavy atom. The number of benzene rings is 1. The molecule has 1 aliphatic rings. The van der Waals surface area contributed by atoms with Crippen LogP contribution in [0.15, 0.2) is 18.2 Å². The van der Waals surface area contributed by atoms with E-state index in [9.17, 15) is 13.9 Å². The van der Waals surface area contributed by atoms with E-state index in [-0.39, 0.29) is 5.56 Å². The molecule has 4 heteroatoms. The van der Waals surface area contributed by atoms with E-state index in [4.69, 9.17) is 4.74 Å². The number of aliphatic hydroxyl groups is 1. The SMILES string of the molecule is CC1(C(O)c2cc(F)ccc2F)CCCCO1. The van der Waals surface area contributed by atoms with Crippen molar-refractivity contribution in [2.24, 2.45) is 0 Å². The van der Waals surface area contributed by atoms with Crippen LogP contribution in [0.2, 0.25) is 0 Å². The molecular weight excluding hydrogens is 226 g/mol. The van der Waals surface area contributed by atoms with E-state index in [2.05, 4.69) is 0 Å². The fourth-order valence-corrected chi connectivity index (χ4v) is 2.22. The molecular formula is C13H16F2O2. The van der Waals surface area contributed by atoms with Gasteiger partial charge in [-0.1, -0.05) is 0 Å². The van der Waals surface area contributed by atoms with Crippen molar-refractivity contribution >= 4 is 0 Å². The van der Waals surface area contributed by atoms with Gasteiger partial charge in [0.05, 0.1) is 5.60 Å². The molecule has 2 unspecified atom stereocenters. The Kier molecular flexibility index (Phi) is 3.45. The van der Waals surface area contributed by atoms with E-state index in [1.54, 1.807) is 6.92 Å². The summed E-state index contributed by atoms with van der Waals surface area (Å²) >= 11 is 0. The van der Waals surface area contributed by atoms with Crippen LogP contribution in [-0.4, -0.2) is 17.3 Å². The molecule has 0 radical (unpaired) electrons. The molecule has 0 saturated carbocycles. The molecule has 2 nitrogen and oxygen atoms in total. The van der Waals surface area contributed by atoms with Crippen LogP contribution in [0.1, 0.15) is 37.9 Å². The fourth-order valence-electron chi connectivity index (χ4n) is 2.22. The second kappa shape index (κ2) is 4.70. The molecule has 1 aromatic rings. The molecule has 1 saturated heterocycles. The van der Waals surface area contributed by atoms with Crippen LogP contribution in [0.5, 0.6) is 0 Å². The third-order valence-corrected chi connectivity index (χ3v) is 3.33. The Morgan fingerprint density at radius 2 is 2.12 bits per heavy atom. The highest BCUT2D eigenvalue weighted by Gasteiger charge is 2.38. The minimum Gasteiger partial charge on any atom is -0.385 e. The average molecular weight is 242 g/mol. The summed E-state index contributed by atoms with van der Waals surface area (Å²) in [7, 11) is 0. The maximum atomic E-state index is 13.6. The summed E-state index contributed by atoms with van der Waals surface area (Å²) in [5.74, 6) is -1.16. The number of hydrogen-bond donors (Lipinski definition) is 1. The van der Waals surface area contributed by atoms with E-state index in [1.807, 2.05) is 0 Å². The van der Waals surface area contributed by atoms with E-state index in [0.717, 1.165) is 31.0 Å². The number of rotatable bonds is 2. The van der Waals surface area contributed by atoms with Crippen molar-refractivity contribution in [3.8, 4) is 0 Å². The Balaban J connectivity index is 2.29. The number of aliphatic hydroxyl groups excluding tert-OH is 1. The lowest BCUT2D eigenvalue weighted by molar-refractivity contribution is -0.139. The molecule has 94 valence electrons. The minimum absolute atomic E-state index is 0.0330. The molecule has 1 fully saturated rings. The van der Waals surface area contributed by atoms with Crippen LogP contribution in [0.4, 0.5) is 8.78 Å². The smallest absolute Gasteiger partial charge is 0.129 e. The normalized spacial score (nSPS) is 26.8. The van der Waals surface area contributed by atoms with Gasteiger partial charge >= 0.3 is 0 Å². The Hall–Kier alpha value is -1.00. The lowest BCUT2D eigenvalue weighted by atomic mass is 9.86. The van der Waals surface area contributed by atoms with Gasteiger partial charge in [-0.15, -0.1) is 0 Å². The van der Waals surface area contributed by atoms with Gasteiger partial charge in [-0.2, -0.15) is 0 Å².